The summed E-state index contributed by atoms with van der Waals surface area (Å²) in [4.78, 5) is 1.93. The zero-order valence-electron chi connectivity index (χ0n) is 12.8. The fourth-order valence-electron chi connectivity index (χ4n) is 2.22. The van der Waals surface area contributed by atoms with Gasteiger partial charge < -0.3 is 4.90 Å². The first kappa shape index (κ1) is 17.9. The van der Waals surface area contributed by atoms with Crippen LogP contribution in [0.15, 0.2) is 53.4 Å². The molecule has 0 spiro atoms. The van der Waals surface area contributed by atoms with Gasteiger partial charge in [0.15, 0.2) is 0 Å². The van der Waals surface area contributed by atoms with Crippen molar-refractivity contribution in [2.24, 2.45) is 0 Å². The van der Waals surface area contributed by atoms with E-state index < -0.39 is 10.0 Å². The topological polar surface area (TPSA) is 49.4 Å². The molecule has 0 saturated carbocycles. The Morgan fingerprint density at radius 2 is 1.87 bits per heavy atom. The molecule has 0 aliphatic heterocycles. The van der Waals surface area contributed by atoms with Crippen LogP contribution in [0.5, 0.6) is 0 Å². The first-order chi connectivity index (χ1) is 10.8. The molecule has 2 rings (SSSR count). The van der Waals surface area contributed by atoms with Crippen LogP contribution in [0, 0.1) is 5.82 Å². The Kier molecular flexibility index (Phi) is 5.75. The molecule has 124 valence electrons. The summed E-state index contributed by atoms with van der Waals surface area (Å²) >= 11 is 5.84. The van der Waals surface area contributed by atoms with Crippen molar-refractivity contribution >= 4 is 21.6 Å². The van der Waals surface area contributed by atoms with Crippen LogP contribution in [0.4, 0.5) is 4.39 Å². The number of sulfonamides is 1. The van der Waals surface area contributed by atoms with Gasteiger partial charge in [-0.2, -0.15) is 0 Å². The van der Waals surface area contributed by atoms with Gasteiger partial charge in [-0.3, -0.25) is 0 Å². The minimum absolute atomic E-state index is 0.0988. The first-order valence-electron chi connectivity index (χ1n) is 6.97. The van der Waals surface area contributed by atoms with Crippen molar-refractivity contribution in [3.63, 3.8) is 0 Å². The second-order valence-electron chi connectivity index (χ2n) is 5.34. The van der Waals surface area contributed by atoms with Crippen molar-refractivity contribution in [1.82, 2.24) is 9.62 Å². The number of likely N-dealkylation sites (N-methyl/N-ethyl adjacent to an activating group) is 1. The van der Waals surface area contributed by atoms with E-state index >= 15 is 0 Å². The van der Waals surface area contributed by atoms with Crippen LogP contribution >= 0.6 is 11.6 Å². The maximum absolute atomic E-state index is 13.4. The van der Waals surface area contributed by atoms with E-state index in [1.54, 1.807) is 24.3 Å². The summed E-state index contributed by atoms with van der Waals surface area (Å²) in [7, 11) is -0.0668. The van der Waals surface area contributed by atoms with Crippen molar-refractivity contribution in [1.29, 1.82) is 0 Å². The predicted octanol–water partition coefficient (Wildman–Crippen LogP) is 3.06. The molecule has 1 N–H and O–H groups in total. The minimum atomic E-state index is -3.68. The van der Waals surface area contributed by atoms with Crippen LogP contribution in [0.3, 0.4) is 0 Å². The number of nitrogens with one attached hydrogen (secondary N) is 1. The van der Waals surface area contributed by atoms with Crippen LogP contribution < -0.4 is 4.72 Å². The fourth-order valence-corrected chi connectivity index (χ4v) is 3.56. The zero-order valence-corrected chi connectivity index (χ0v) is 14.4. The highest BCUT2D eigenvalue weighted by molar-refractivity contribution is 7.89. The molecule has 7 heteroatoms. The lowest BCUT2D eigenvalue weighted by Crippen LogP contribution is -2.34. The normalized spacial score (nSPS) is 13.3. The number of benzene rings is 2. The monoisotopic (exact) mass is 356 g/mol. The van der Waals surface area contributed by atoms with E-state index in [4.69, 9.17) is 11.6 Å². The van der Waals surface area contributed by atoms with E-state index in [9.17, 15) is 12.8 Å². The van der Waals surface area contributed by atoms with Crippen molar-refractivity contribution in [2.75, 3.05) is 20.6 Å². The lowest BCUT2D eigenvalue weighted by atomic mass is 10.1. The summed E-state index contributed by atoms with van der Waals surface area (Å²) in [5.74, 6) is -0.355. The second-order valence-corrected chi connectivity index (χ2v) is 7.55. The molecule has 2 aromatic rings. The molecule has 0 amide bonds. The summed E-state index contributed by atoms with van der Waals surface area (Å²) in [5, 5.41) is 0.349. The highest BCUT2D eigenvalue weighted by Crippen LogP contribution is 2.20. The third-order valence-corrected chi connectivity index (χ3v) is 5.09. The second kappa shape index (κ2) is 7.40. The Balaban J connectivity index is 2.19. The van der Waals surface area contributed by atoms with Gasteiger partial charge in [0.1, 0.15) is 5.82 Å². The van der Waals surface area contributed by atoms with Gasteiger partial charge in [-0.1, -0.05) is 29.8 Å². The minimum Gasteiger partial charge on any atom is -0.301 e. The lowest BCUT2D eigenvalue weighted by Gasteiger charge is -2.25. The Hall–Kier alpha value is -1.47. The average Bonchev–Trinajstić information content (AvgIpc) is 2.47. The highest BCUT2D eigenvalue weighted by atomic mass is 35.5. The third kappa shape index (κ3) is 4.75. The van der Waals surface area contributed by atoms with E-state index in [2.05, 4.69) is 4.72 Å². The van der Waals surface area contributed by atoms with Crippen LogP contribution in [-0.2, 0) is 10.0 Å². The van der Waals surface area contributed by atoms with Gasteiger partial charge in [0, 0.05) is 17.6 Å². The average molecular weight is 357 g/mol. The Morgan fingerprint density at radius 1 is 1.17 bits per heavy atom. The van der Waals surface area contributed by atoms with Crippen LogP contribution in [0.1, 0.15) is 11.6 Å². The van der Waals surface area contributed by atoms with E-state index in [1.807, 2.05) is 19.0 Å². The Bertz CT molecular complexity index is 781. The smallest absolute Gasteiger partial charge is 0.240 e. The van der Waals surface area contributed by atoms with Gasteiger partial charge in [0.25, 0.3) is 0 Å². The molecule has 2 aromatic carbocycles. The highest BCUT2D eigenvalue weighted by Gasteiger charge is 2.20. The van der Waals surface area contributed by atoms with Crippen LogP contribution in [-0.4, -0.2) is 34.0 Å². The van der Waals surface area contributed by atoms with Crippen molar-refractivity contribution < 1.29 is 12.8 Å². The molecule has 0 unspecified atom stereocenters. The molecule has 0 fully saturated rings. The summed E-state index contributed by atoms with van der Waals surface area (Å²) in [6, 6.07) is 11.9. The Morgan fingerprint density at radius 3 is 2.48 bits per heavy atom. The number of hydrogen-bond acceptors (Lipinski definition) is 3. The van der Waals surface area contributed by atoms with Crippen LogP contribution in [0.25, 0.3) is 0 Å². The summed E-state index contributed by atoms with van der Waals surface area (Å²) in [5.41, 5.74) is 0.698. The molecule has 0 aromatic heterocycles. The van der Waals surface area contributed by atoms with E-state index in [-0.39, 0.29) is 23.3 Å². The molecule has 0 heterocycles. The number of hydrogen-bond donors (Lipinski definition) is 1. The van der Waals surface area contributed by atoms with Gasteiger partial charge >= 0.3 is 0 Å². The third-order valence-electron chi connectivity index (χ3n) is 3.43. The summed E-state index contributed by atoms with van der Waals surface area (Å²) < 4.78 is 40.6. The molecule has 0 aliphatic carbocycles. The molecule has 0 radical (unpaired) electrons. The lowest BCUT2D eigenvalue weighted by molar-refractivity contribution is 0.299. The van der Waals surface area contributed by atoms with Crippen molar-refractivity contribution in [3.05, 3.63) is 64.9 Å². The molecule has 0 aliphatic rings. The molecule has 0 saturated heterocycles. The maximum Gasteiger partial charge on any atom is 0.240 e. The SMILES string of the molecule is CN(C)[C@@H](CNS(=O)(=O)c1cccc(Cl)c1)c1cccc(F)c1. The number of nitrogens with zero attached hydrogens (tertiary/aromatic N) is 1. The van der Waals surface area contributed by atoms with Crippen molar-refractivity contribution in [3.8, 4) is 0 Å². The molecule has 23 heavy (non-hydrogen) atoms. The molecular formula is C16H18ClFN2O2S. The first-order valence-corrected chi connectivity index (χ1v) is 8.83. The van der Waals surface area contributed by atoms with Gasteiger partial charge in [0.05, 0.1) is 4.90 Å². The van der Waals surface area contributed by atoms with Crippen molar-refractivity contribution in [2.45, 2.75) is 10.9 Å². The zero-order chi connectivity index (χ0) is 17.0. The van der Waals surface area contributed by atoms with Gasteiger partial charge in [0.2, 0.25) is 10.0 Å². The largest absolute Gasteiger partial charge is 0.301 e. The molecule has 1 atom stereocenters. The Labute approximate surface area is 140 Å². The number of halogens is 2. The molecule has 0 bridgehead atoms. The van der Waals surface area contributed by atoms with Gasteiger partial charge in [-0.05, 0) is 50.0 Å². The quantitative estimate of drug-likeness (QED) is 0.865. The maximum atomic E-state index is 13.4. The number of rotatable bonds is 6. The summed E-state index contributed by atoms with van der Waals surface area (Å²) in [6.07, 6.45) is 0. The van der Waals surface area contributed by atoms with E-state index in [0.29, 0.717) is 10.6 Å². The molecule has 4 nitrogen and oxygen atoms in total. The predicted molar refractivity (Wildman–Crippen MR) is 89.5 cm³/mol. The van der Waals surface area contributed by atoms with E-state index in [0.717, 1.165) is 0 Å². The van der Waals surface area contributed by atoms with Gasteiger partial charge in [-0.25, -0.2) is 17.5 Å². The van der Waals surface area contributed by atoms with Gasteiger partial charge in [-0.15, -0.1) is 0 Å². The standard InChI is InChI=1S/C16H18ClFN2O2S/c1-20(2)16(12-5-3-7-14(18)9-12)11-19-23(21,22)15-8-4-6-13(17)10-15/h3-10,16,19H,11H2,1-2H3/t16-/m0/s1. The van der Waals surface area contributed by atoms with E-state index in [1.165, 1.54) is 24.3 Å². The van der Waals surface area contributed by atoms with Crippen LogP contribution in [0.2, 0.25) is 5.02 Å². The fraction of sp³-hybridized carbons (Fsp3) is 0.250. The summed E-state index contributed by atoms with van der Waals surface area (Å²) in [6.45, 7) is 0.116. The molecular weight excluding hydrogens is 339 g/mol.